The fraction of sp³-hybridized carbons (Fsp3) is 0.143. The predicted molar refractivity (Wildman–Crippen MR) is 80.9 cm³/mol. The van der Waals surface area contributed by atoms with Crippen LogP contribution in [0.2, 0.25) is 10.0 Å². The zero-order valence-electron chi connectivity index (χ0n) is 9.87. The van der Waals surface area contributed by atoms with Crippen molar-refractivity contribution in [3.63, 3.8) is 0 Å². The number of hydrogen-bond acceptors (Lipinski definition) is 2. The first kappa shape index (κ1) is 14.7. The van der Waals surface area contributed by atoms with Crippen LogP contribution in [0.4, 0.5) is 0 Å². The molecule has 100 valence electrons. The molecule has 0 amide bonds. The van der Waals surface area contributed by atoms with Crippen molar-refractivity contribution in [3.05, 3.63) is 62.0 Å². The minimum absolute atomic E-state index is 0.164. The first-order valence-corrected chi connectivity index (χ1v) is 7.11. The van der Waals surface area contributed by atoms with E-state index in [0.717, 1.165) is 10.0 Å². The van der Waals surface area contributed by atoms with Crippen molar-refractivity contribution in [2.24, 2.45) is 0 Å². The average molecular weight is 362 g/mol. The zero-order valence-corrected chi connectivity index (χ0v) is 13.0. The van der Waals surface area contributed by atoms with E-state index < -0.39 is 0 Å². The van der Waals surface area contributed by atoms with Crippen molar-refractivity contribution < 1.29 is 9.84 Å². The number of halogens is 3. The Hall–Kier alpha value is -0.740. The maximum absolute atomic E-state index is 9.29. The van der Waals surface area contributed by atoms with Crippen molar-refractivity contribution in [1.29, 1.82) is 0 Å². The summed E-state index contributed by atoms with van der Waals surface area (Å²) in [4.78, 5) is 0. The summed E-state index contributed by atoms with van der Waals surface area (Å²) in [5, 5.41) is 10.4. The van der Waals surface area contributed by atoms with E-state index in [2.05, 4.69) is 15.9 Å². The van der Waals surface area contributed by atoms with E-state index in [-0.39, 0.29) is 6.61 Å². The fourth-order valence-electron chi connectivity index (χ4n) is 1.62. The van der Waals surface area contributed by atoms with E-state index in [4.69, 9.17) is 27.9 Å². The van der Waals surface area contributed by atoms with E-state index >= 15 is 0 Å². The molecule has 2 aromatic carbocycles. The first-order chi connectivity index (χ1) is 9.11. The Morgan fingerprint density at radius 3 is 2.58 bits per heavy atom. The zero-order chi connectivity index (χ0) is 13.8. The third-order valence-corrected chi connectivity index (χ3v) is 3.83. The third-order valence-electron chi connectivity index (χ3n) is 2.63. The molecule has 0 bridgehead atoms. The van der Waals surface area contributed by atoms with E-state index in [1.807, 2.05) is 18.2 Å². The number of rotatable bonds is 4. The molecular formula is C14H11BrCl2O2. The van der Waals surface area contributed by atoms with Crippen LogP contribution in [0.25, 0.3) is 0 Å². The standard InChI is InChI=1S/C14H11BrCl2O2/c15-10-5-4-9(13(17)6-10)8-19-14-3-1-2-12(16)11(14)7-18/h1-6,18H,7-8H2. The Labute approximate surface area is 130 Å². The summed E-state index contributed by atoms with van der Waals surface area (Å²) in [6.45, 7) is 0.155. The highest BCUT2D eigenvalue weighted by molar-refractivity contribution is 9.10. The lowest BCUT2D eigenvalue weighted by atomic mass is 10.2. The van der Waals surface area contributed by atoms with Gasteiger partial charge in [0.25, 0.3) is 0 Å². The molecule has 0 radical (unpaired) electrons. The number of hydrogen-bond donors (Lipinski definition) is 1. The molecule has 0 unspecified atom stereocenters. The molecule has 0 spiro atoms. The van der Waals surface area contributed by atoms with Crippen molar-refractivity contribution in [2.75, 3.05) is 0 Å². The lowest BCUT2D eigenvalue weighted by molar-refractivity contribution is 0.259. The number of benzene rings is 2. The highest BCUT2D eigenvalue weighted by Gasteiger charge is 2.08. The molecule has 0 aromatic heterocycles. The van der Waals surface area contributed by atoms with Crippen molar-refractivity contribution in [1.82, 2.24) is 0 Å². The number of aliphatic hydroxyl groups excluding tert-OH is 1. The molecule has 0 atom stereocenters. The van der Waals surface area contributed by atoms with Crippen LogP contribution in [0.1, 0.15) is 11.1 Å². The Balaban J connectivity index is 2.17. The van der Waals surface area contributed by atoms with E-state index in [1.165, 1.54) is 0 Å². The molecule has 5 heteroatoms. The van der Waals surface area contributed by atoms with Crippen LogP contribution in [0.15, 0.2) is 40.9 Å². The van der Waals surface area contributed by atoms with Gasteiger partial charge in [0.1, 0.15) is 12.4 Å². The van der Waals surface area contributed by atoms with Crippen molar-refractivity contribution in [3.8, 4) is 5.75 Å². The molecule has 2 rings (SSSR count). The van der Waals surface area contributed by atoms with Gasteiger partial charge in [0.2, 0.25) is 0 Å². The monoisotopic (exact) mass is 360 g/mol. The molecular weight excluding hydrogens is 351 g/mol. The van der Waals surface area contributed by atoms with Crippen molar-refractivity contribution in [2.45, 2.75) is 13.2 Å². The SMILES string of the molecule is OCc1c(Cl)cccc1OCc1ccc(Br)cc1Cl. The van der Waals surface area contributed by atoms with Gasteiger partial charge in [-0.25, -0.2) is 0 Å². The third kappa shape index (κ3) is 3.63. The lowest BCUT2D eigenvalue weighted by Gasteiger charge is -2.12. The van der Waals surface area contributed by atoms with Crippen LogP contribution >= 0.6 is 39.1 Å². The topological polar surface area (TPSA) is 29.5 Å². The van der Waals surface area contributed by atoms with Gasteiger partial charge in [-0.15, -0.1) is 0 Å². The van der Waals surface area contributed by atoms with Crippen LogP contribution < -0.4 is 4.74 Å². The number of ether oxygens (including phenoxy) is 1. The summed E-state index contributed by atoms with van der Waals surface area (Å²) < 4.78 is 6.59. The van der Waals surface area contributed by atoms with Gasteiger partial charge in [-0.05, 0) is 24.3 Å². The fourth-order valence-corrected chi connectivity index (χ4v) is 2.58. The minimum atomic E-state index is -0.164. The molecule has 0 saturated carbocycles. The highest BCUT2D eigenvalue weighted by atomic mass is 79.9. The summed E-state index contributed by atoms with van der Waals surface area (Å²) in [6, 6.07) is 10.9. The summed E-state index contributed by atoms with van der Waals surface area (Å²) in [5.74, 6) is 0.564. The van der Waals surface area contributed by atoms with Gasteiger partial charge in [0.15, 0.2) is 0 Å². The Bertz CT molecular complexity index is 588. The second kappa shape index (κ2) is 6.62. The summed E-state index contributed by atoms with van der Waals surface area (Å²) >= 11 is 15.5. The lowest BCUT2D eigenvalue weighted by Crippen LogP contribution is -2.00. The van der Waals surface area contributed by atoms with Crippen LogP contribution in [-0.2, 0) is 13.2 Å². The van der Waals surface area contributed by atoms with Crippen LogP contribution in [0.5, 0.6) is 5.75 Å². The van der Waals surface area contributed by atoms with Gasteiger partial charge in [0.05, 0.1) is 6.61 Å². The molecule has 0 fully saturated rings. The second-order valence-corrected chi connectivity index (χ2v) is 5.63. The van der Waals surface area contributed by atoms with Gasteiger partial charge in [-0.1, -0.05) is 51.3 Å². The molecule has 1 N–H and O–H groups in total. The molecule has 0 aliphatic carbocycles. The Kier molecular flexibility index (Phi) is 5.11. The van der Waals surface area contributed by atoms with Crippen molar-refractivity contribution >= 4 is 39.1 Å². The smallest absolute Gasteiger partial charge is 0.126 e. The largest absolute Gasteiger partial charge is 0.488 e. The van der Waals surface area contributed by atoms with E-state index in [9.17, 15) is 5.11 Å². The quantitative estimate of drug-likeness (QED) is 0.845. The average Bonchev–Trinajstić information content (AvgIpc) is 2.38. The normalized spacial score (nSPS) is 10.5. The maximum Gasteiger partial charge on any atom is 0.126 e. The molecule has 0 saturated heterocycles. The summed E-state index contributed by atoms with van der Waals surface area (Å²) in [5.41, 5.74) is 1.45. The van der Waals surface area contributed by atoms with E-state index in [1.54, 1.807) is 18.2 Å². The molecule has 19 heavy (non-hydrogen) atoms. The second-order valence-electron chi connectivity index (χ2n) is 3.90. The van der Waals surface area contributed by atoms with Crippen LogP contribution in [-0.4, -0.2) is 5.11 Å². The Morgan fingerprint density at radius 1 is 1.11 bits per heavy atom. The molecule has 0 aliphatic heterocycles. The highest BCUT2D eigenvalue weighted by Crippen LogP contribution is 2.28. The minimum Gasteiger partial charge on any atom is -0.488 e. The maximum atomic E-state index is 9.29. The molecule has 2 aromatic rings. The van der Waals surface area contributed by atoms with Crippen LogP contribution in [0.3, 0.4) is 0 Å². The molecule has 0 heterocycles. The Morgan fingerprint density at radius 2 is 1.89 bits per heavy atom. The molecule has 0 aliphatic rings. The van der Waals surface area contributed by atoms with E-state index in [0.29, 0.717) is 28.0 Å². The predicted octanol–water partition coefficient (Wildman–Crippen LogP) is 4.83. The molecule has 2 nitrogen and oxygen atoms in total. The summed E-state index contributed by atoms with van der Waals surface area (Å²) in [6.07, 6.45) is 0. The van der Waals surface area contributed by atoms with Gasteiger partial charge >= 0.3 is 0 Å². The number of aliphatic hydroxyl groups is 1. The van der Waals surface area contributed by atoms with Gasteiger partial charge in [-0.3, -0.25) is 0 Å². The van der Waals surface area contributed by atoms with Gasteiger partial charge < -0.3 is 9.84 Å². The van der Waals surface area contributed by atoms with Crippen LogP contribution in [0, 0.1) is 0 Å². The van der Waals surface area contributed by atoms with Gasteiger partial charge in [-0.2, -0.15) is 0 Å². The first-order valence-electron chi connectivity index (χ1n) is 5.57. The van der Waals surface area contributed by atoms with Gasteiger partial charge in [0, 0.05) is 25.6 Å². The summed E-state index contributed by atoms with van der Waals surface area (Å²) in [7, 11) is 0.